The van der Waals surface area contributed by atoms with Gasteiger partial charge >= 0.3 is 0 Å². The van der Waals surface area contributed by atoms with Crippen molar-refractivity contribution in [3.05, 3.63) is 162 Å². The lowest BCUT2D eigenvalue weighted by Gasteiger charge is -2.27. The number of hydrogen-bond donors (Lipinski definition) is 1. The van der Waals surface area contributed by atoms with Crippen LogP contribution in [0.4, 0.5) is 17.1 Å². The van der Waals surface area contributed by atoms with Crippen molar-refractivity contribution in [1.82, 2.24) is 14.5 Å². The lowest BCUT2D eigenvalue weighted by atomic mass is 9.83. The summed E-state index contributed by atoms with van der Waals surface area (Å²) in [4.78, 5) is 12.6. The quantitative estimate of drug-likeness (QED) is 0.200. The fourth-order valence-corrected chi connectivity index (χ4v) is 7.89. The number of rotatable bonds is 4. The van der Waals surface area contributed by atoms with E-state index in [2.05, 4.69) is 153 Å². The molecule has 0 aliphatic carbocycles. The van der Waals surface area contributed by atoms with Crippen molar-refractivity contribution < 1.29 is 5.11 Å². The molecule has 0 saturated carbocycles. The molecule has 9 rings (SSSR count). The summed E-state index contributed by atoms with van der Waals surface area (Å²) in [6.45, 7) is 11.1. The third-order valence-electron chi connectivity index (χ3n) is 10.5. The summed E-state index contributed by atoms with van der Waals surface area (Å²) >= 11 is 0. The molecule has 0 spiro atoms. The highest BCUT2D eigenvalue weighted by Gasteiger charge is 2.31. The largest absolute Gasteiger partial charge is 0.507 e. The number of pyridine rings is 1. The Kier molecular flexibility index (Phi) is 7.56. The zero-order valence-corrected chi connectivity index (χ0v) is 30.6. The molecule has 3 heterocycles. The second kappa shape index (κ2) is 12.3. The van der Waals surface area contributed by atoms with E-state index in [1.54, 1.807) is 6.07 Å². The number of phenols is 1. The maximum Gasteiger partial charge on any atom is 0.151 e. The van der Waals surface area contributed by atoms with Gasteiger partial charge in [0.1, 0.15) is 5.75 Å². The Morgan fingerprint density at radius 2 is 1.26 bits per heavy atom. The number of aromatic hydroxyl groups is 1. The maximum absolute atomic E-state index is 11.6. The van der Waals surface area contributed by atoms with E-state index in [1.165, 1.54) is 22.3 Å². The number of aromatic nitrogens is 3. The molecule has 5 heteroatoms. The maximum atomic E-state index is 11.6. The normalized spacial score (nSPS) is 12.3. The zero-order valence-electron chi connectivity index (χ0n) is 30.6. The number of aryl methyl sites for hydroxylation is 2. The highest BCUT2D eigenvalue weighted by atomic mass is 16.3. The van der Waals surface area contributed by atoms with Gasteiger partial charge < -0.3 is 10.0 Å². The Morgan fingerprint density at radius 3 is 2.04 bits per heavy atom. The van der Waals surface area contributed by atoms with Crippen molar-refractivity contribution in [3.8, 4) is 56.3 Å². The minimum atomic E-state index is -0.112. The molecule has 6 aromatic carbocycles. The molecular formula is C48H40N4O. The molecule has 2 aromatic heterocycles. The molecule has 0 unspecified atom stereocenters. The highest BCUT2D eigenvalue weighted by Crippen LogP contribution is 2.51. The van der Waals surface area contributed by atoms with Crippen LogP contribution >= 0.6 is 0 Å². The number of fused-ring (bicyclic) bond motifs is 7. The van der Waals surface area contributed by atoms with E-state index in [1.807, 2.05) is 30.5 Å². The molecule has 8 aromatic rings. The van der Waals surface area contributed by atoms with E-state index >= 15 is 0 Å². The number of para-hydroxylation sites is 4. The van der Waals surface area contributed by atoms with E-state index in [4.69, 9.17) is 9.97 Å². The Labute approximate surface area is 310 Å². The number of phenolic OH excluding ortho intramolecular Hbond substituents is 1. The number of imidazole rings is 1. The van der Waals surface area contributed by atoms with Crippen molar-refractivity contribution in [2.24, 2.45) is 0 Å². The molecule has 53 heavy (non-hydrogen) atoms. The van der Waals surface area contributed by atoms with Crippen LogP contribution in [0.2, 0.25) is 0 Å². The van der Waals surface area contributed by atoms with Crippen LogP contribution in [-0.4, -0.2) is 19.6 Å². The number of anilines is 3. The fourth-order valence-electron chi connectivity index (χ4n) is 7.89. The number of nitrogens with zero attached hydrogens (tertiary/aromatic N) is 4. The Balaban J connectivity index is 1.28. The molecule has 1 aliphatic rings. The molecule has 1 aliphatic heterocycles. The SMILES string of the molecule is Cc1cccc(C)c1-c1ccnc(-c2cc(-c3cccc4c3nc3n4-c4ccccc4N(c4ccccc4)c4cccc(O)c4-3)cc(C(C)(C)C)c2)c1. The van der Waals surface area contributed by atoms with Gasteiger partial charge in [0.2, 0.25) is 0 Å². The third-order valence-corrected chi connectivity index (χ3v) is 10.5. The molecule has 258 valence electrons. The predicted molar refractivity (Wildman–Crippen MR) is 219 cm³/mol. The second-order valence-electron chi connectivity index (χ2n) is 15.0. The average molecular weight is 689 g/mol. The van der Waals surface area contributed by atoms with Crippen LogP contribution in [0.15, 0.2) is 146 Å². The summed E-state index contributed by atoms with van der Waals surface area (Å²) in [6, 6.07) is 48.5. The predicted octanol–water partition coefficient (Wildman–Crippen LogP) is 12.5. The van der Waals surface area contributed by atoms with E-state index in [0.717, 1.165) is 61.7 Å². The number of hydrogen-bond acceptors (Lipinski definition) is 4. The summed E-state index contributed by atoms with van der Waals surface area (Å²) in [5, 5.41) is 11.6. The van der Waals surface area contributed by atoms with Crippen LogP contribution in [0, 0.1) is 13.8 Å². The molecule has 0 amide bonds. The summed E-state index contributed by atoms with van der Waals surface area (Å²) in [5.74, 6) is 0.878. The Hall–Kier alpha value is -6.46. The van der Waals surface area contributed by atoms with Crippen molar-refractivity contribution in [3.63, 3.8) is 0 Å². The first-order valence-electron chi connectivity index (χ1n) is 18.1. The molecule has 1 N–H and O–H groups in total. The molecule has 0 fully saturated rings. The van der Waals surface area contributed by atoms with Crippen LogP contribution < -0.4 is 4.90 Å². The minimum absolute atomic E-state index is 0.112. The molecule has 5 nitrogen and oxygen atoms in total. The summed E-state index contributed by atoms with van der Waals surface area (Å²) < 4.78 is 2.21. The van der Waals surface area contributed by atoms with Crippen LogP contribution in [-0.2, 0) is 5.41 Å². The molecule has 0 bridgehead atoms. The van der Waals surface area contributed by atoms with Crippen LogP contribution in [0.3, 0.4) is 0 Å². The minimum Gasteiger partial charge on any atom is -0.507 e. The monoisotopic (exact) mass is 688 g/mol. The first-order chi connectivity index (χ1) is 25.7. The van der Waals surface area contributed by atoms with Gasteiger partial charge in [-0.25, -0.2) is 4.98 Å². The lowest BCUT2D eigenvalue weighted by Crippen LogP contribution is -2.11. The Morgan fingerprint density at radius 1 is 0.585 bits per heavy atom. The van der Waals surface area contributed by atoms with Gasteiger partial charge in [-0.1, -0.05) is 93.6 Å². The third kappa shape index (κ3) is 5.39. The molecule has 0 saturated heterocycles. The summed E-state index contributed by atoms with van der Waals surface area (Å²) in [5.41, 5.74) is 16.5. The van der Waals surface area contributed by atoms with Crippen LogP contribution in [0.5, 0.6) is 5.75 Å². The lowest BCUT2D eigenvalue weighted by molar-refractivity contribution is 0.477. The van der Waals surface area contributed by atoms with Gasteiger partial charge in [0.25, 0.3) is 0 Å². The van der Waals surface area contributed by atoms with Gasteiger partial charge in [-0.15, -0.1) is 0 Å². The standard InChI is InChI=1S/C48H40N4O/c1-30-14-11-15-31(2)44(30)32-24-25-49-38(29-32)34-26-33(27-35(28-34)48(3,4)5)37-18-12-22-42-46(37)50-47-45-41(21-13-23-43(45)53)51(36-16-7-6-8-17-36)39-19-9-10-20-40(39)52(42)47/h6-29,53H,1-5H3. The van der Waals surface area contributed by atoms with Crippen LogP contribution in [0.1, 0.15) is 37.5 Å². The summed E-state index contributed by atoms with van der Waals surface area (Å²) in [6.07, 6.45) is 1.92. The smallest absolute Gasteiger partial charge is 0.151 e. The van der Waals surface area contributed by atoms with Crippen molar-refractivity contribution in [1.29, 1.82) is 0 Å². The number of benzene rings is 6. The topological polar surface area (TPSA) is 54.2 Å². The van der Waals surface area contributed by atoms with Gasteiger partial charge in [-0.05, 0) is 119 Å². The van der Waals surface area contributed by atoms with Gasteiger partial charge in [0.15, 0.2) is 5.82 Å². The first kappa shape index (κ1) is 32.4. The zero-order chi connectivity index (χ0) is 36.4. The van der Waals surface area contributed by atoms with Crippen molar-refractivity contribution in [2.45, 2.75) is 40.0 Å². The average Bonchev–Trinajstić information content (AvgIpc) is 3.49. The molecular weight excluding hydrogens is 649 g/mol. The van der Waals surface area contributed by atoms with Crippen molar-refractivity contribution in [2.75, 3.05) is 4.90 Å². The fraction of sp³-hybridized carbons (Fsp3) is 0.125. The van der Waals surface area contributed by atoms with Gasteiger partial charge in [0.05, 0.1) is 39.4 Å². The van der Waals surface area contributed by atoms with Crippen LogP contribution in [0.25, 0.3) is 61.6 Å². The van der Waals surface area contributed by atoms with E-state index in [0.29, 0.717) is 11.4 Å². The van der Waals surface area contributed by atoms with Gasteiger partial charge in [-0.2, -0.15) is 0 Å². The van der Waals surface area contributed by atoms with E-state index in [9.17, 15) is 5.11 Å². The van der Waals surface area contributed by atoms with Gasteiger partial charge in [-0.3, -0.25) is 9.55 Å². The Bertz CT molecular complexity index is 2680. The van der Waals surface area contributed by atoms with Crippen molar-refractivity contribution >= 4 is 28.1 Å². The molecule has 0 radical (unpaired) electrons. The molecule has 0 atom stereocenters. The van der Waals surface area contributed by atoms with E-state index < -0.39 is 0 Å². The first-order valence-corrected chi connectivity index (χ1v) is 18.1. The summed E-state index contributed by atoms with van der Waals surface area (Å²) in [7, 11) is 0. The van der Waals surface area contributed by atoms with Gasteiger partial charge in [0, 0.05) is 23.0 Å². The van der Waals surface area contributed by atoms with E-state index in [-0.39, 0.29) is 11.2 Å². The second-order valence-corrected chi connectivity index (χ2v) is 15.0. The highest BCUT2D eigenvalue weighted by molar-refractivity contribution is 6.02.